The van der Waals surface area contributed by atoms with Crippen molar-refractivity contribution >= 4 is 28.9 Å². The number of hydrogen-bond donors (Lipinski definition) is 3. The highest BCUT2D eigenvalue weighted by Crippen LogP contribution is 2.27. The second kappa shape index (κ2) is 7.53. The van der Waals surface area contributed by atoms with E-state index in [9.17, 15) is 9.90 Å². The molecular formula is C19H22N2O3S. The predicted molar refractivity (Wildman–Crippen MR) is 103 cm³/mol. The van der Waals surface area contributed by atoms with Crippen LogP contribution in [0, 0.1) is 0 Å². The van der Waals surface area contributed by atoms with Crippen LogP contribution in [0.1, 0.15) is 36.7 Å². The summed E-state index contributed by atoms with van der Waals surface area (Å²) in [6.45, 7) is 6.34. The summed E-state index contributed by atoms with van der Waals surface area (Å²) in [6.07, 6.45) is 0. The lowest BCUT2D eigenvalue weighted by Crippen LogP contribution is -2.34. The van der Waals surface area contributed by atoms with Gasteiger partial charge in [-0.3, -0.25) is 10.1 Å². The number of hydrogen-bond acceptors (Lipinski definition) is 4. The molecule has 0 aliphatic heterocycles. The Bertz CT molecular complexity index is 780. The normalized spacial score (nSPS) is 10.9. The number of benzene rings is 2. The highest BCUT2D eigenvalue weighted by Gasteiger charge is 2.15. The monoisotopic (exact) mass is 358 g/mol. The van der Waals surface area contributed by atoms with Crippen LogP contribution in [0.2, 0.25) is 0 Å². The van der Waals surface area contributed by atoms with Crippen molar-refractivity contribution in [1.29, 1.82) is 0 Å². The standard InChI is InChI=1S/C19H22N2O3S/c1-19(2,3)13-7-5-12(6-8-13)17(23)21-18(25)20-15-11-14(24-4)9-10-16(15)22/h5-11,22H,1-4H3,(H2,20,21,23,25). The number of anilines is 1. The number of carbonyl (C=O) groups excluding carboxylic acids is 1. The molecule has 25 heavy (non-hydrogen) atoms. The lowest BCUT2D eigenvalue weighted by atomic mass is 9.87. The molecule has 0 spiro atoms. The summed E-state index contributed by atoms with van der Waals surface area (Å²) in [5, 5.41) is 15.3. The number of thiocarbonyl (C=S) groups is 1. The fourth-order valence-corrected chi connectivity index (χ4v) is 2.40. The molecule has 0 radical (unpaired) electrons. The minimum Gasteiger partial charge on any atom is -0.506 e. The number of phenols is 1. The lowest BCUT2D eigenvalue weighted by Gasteiger charge is -2.19. The van der Waals surface area contributed by atoms with Crippen molar-refractivity contribution in [1.82, 2.24) is 5.32 Å². The van der Waals surface area contributed by atoms with Gasteiger partial charge >= 0.3 is 0 Å². The molecule has 2 rings (SSSR count). The number of phenolic OH excluding ortho intramolecular Hbond substituents is 1. The fourth-order valence-electron chi connectivity index (χ4n) is 2.19. The summed E-state index contributed by atoms with van der Waals surface area (Å²) in [7, 11) is 1.53. The summed E-state index contributed by atoms with van der Waals surface area (Å²) in [4.78, 5) is 12.3. The zero-order valence-electron chi connectivity index (χ0n) is 14.7. The number of methoxy groups -OCH3 is 1. The third-order valence-electron chi connectivity index (χ3n) is 3.69. The molecule has 6 heteroatoms. The first kappa shape index (κ1) is 18.7. The Hall–Kier alpha value is -2.60. The van der Waals surface area contributed by atoms with Gasteiger partial charge in [-0.25, -0.2) is 0 Å². The maximum Gasteiger partial charge on any atom is 0.257 e. The van der Waals surface area contributed by atoms with E-state index in [2.05, 4.69) is 31.4 Å². The Morgan fingerprint density at radius 1 is 1.12 bits per heavy atom. The van der Waals surface area contributed by atoms with E-state index < -0.39 is 0 Å². The van der Waals surface area contributed by atoms with Gasteiger partial charge in [0.25, 0.3) is 5.91 Å². The largest absolute Gasteiger partial charge is 0.506 e. The SMILES string of the molecule is COc1ccc(O)c(NC(=S)NC(=O)c2ccc(C(C)(C)C)cc2)c1. The second-order valence-corrected chi connectivity index (χ2v) is 7.03. The van der Waals surface area contributed by atoms with Crippen LogP contribution in [0.25, 0.3) is 0 Å². The van der Waals surface area contributed by atoms with Crippen molar-refractivity contribution in [3.8, 4) is 11.5 Å². The van der Waals surface area contributed by atoms with Crippen LogP contribution >= 0.6 is 12.2 Å². The number of nitrogens with one attached hydrogen (secondary N) is 2. The third-order valence-corrected chi connectivity index (χ3v) is 3.90. The van der Waals surface area contributed by atoms with E-state index in [1.807, 2.05) is 12.1 Å². The number of ether oxygens (including phenoxy) is 1. The molecule has 0 unspecified atom stereocenters. The molecule has 5 nitrogen and oxygen atoms in total. The van der Waals surface area contributed by atoms with Gasteiger partial charge in [-0.1, -0.05) is 32.9 Å². The highest BCUT2D eigenvalue weighted by molar-refractivity contribution is 7.80. The Kier molecular flexibility index (Phi) is 5.64. The molecular weight excluding hydrogens is 336 g/mol. The van der Waals surface area contributed by atoms with E-state index in [0.717, 1.165) is 5.56 Å². The highest BCUT2D eigenvalue weighted by atomic mass is 32.1. The molecule has 0 aromatic heterocycles. The zero-order chi connectivity index (χ0) is 18.6. The van der Waals surface area contributed by atoms with E-state index in [0.29, 0.717) is 17.0 Å². The van der Waals surface area contributed by atoms with Gasteiger partial charge in [0.05, 0.1) is 12.8 Å². The molecule has 0 heterocycles. The van der Waals surface area contributed by atoms with Gasteiger partial charge in [0.2, 0.25) is 0 Å². The van der Waals surface area contributed by atoms with Crippen molar-refractivity contribution in [3.63, 3.8) is 0 Å². The molecule has 0 bridgehead atoms. The lowest BCUT2D eigenvalue weighted by molar-refractivity contribution is 0.0977. The van der Waals surface area contributed by atoms with Crippen LogP contribution in [0.15, 0.2) is 42.5 Å². The molecule has 2 aromatic rings. The van der Waals surface area contributed by atoms with Gasteiger partial charge < -0.3 is 15.2 Å². The average Bonchev–Trinajstić information content (AvgIpc) is 2.56. The predicted octanol–water partition coefficient (Wildman–Crippen LogP) is 3.83. The third kappa shape index (κ3) is 4.93. The molecule has 1 amide bonds. The van der Waals surface area contributed by atoms with Crippen LogP contribution < -0.4 is 15.4 Å². The van der Waals surface area contributed by atoms with Crippen molar-refractivity contribution in [2.75, 3.05) is 12.4 Å². The maximum atomic E-state index is 12.3. The minimum atomic E-state index is -0.319. The van der Waals surface area contributed by atoms with Crippen LogP contribution in [-0.4, -0.2) is 23.2 Å². The van der Waals surface area contributed by atoms with Gasteiger partial charge in [-0.2, -0.15) is 0 Å². The molecule has 0 aliphatic carbocycles. The summed E-state index contributed by atoms with van der Waals surface area (Å²) in [6, 6.07) is 12.1. The Morgan fingerprint density at radius 2 is 1.76 bits per heavy atom. The quantitative estimate of drug-likeness (QED) is 0.575. The van der Waals surface area contributed by atoms with Gasteiger partial charge in [0.15, 0.2) is 5.11 Å². The molecule has 2 aromatic carbocycles. The van der Waals surface area contributed by atoms with E-state index >= 15 is 0 Å². The number of aromatic hydroxyl groups is 1. The van der Waals surface area contributed by atoms with Crippen molar-refractivity contribution in [2.45, 2.75) is 26.2 Å². The van der Waals surface area contributed by atoms with E-state index in [-0.39, 0.29) is 22.2 Å². The number of amides is 1. The van der Waals surface area contributed by atoms with E-state index in [1.165, 1.54) is 13.2 Å². The van der Waals surface area contributed by atoms with Gasteiger partial charge in [0, 0.05) is 11.6 Å². The Labute approximate surface area is 153 Å². The van der Waals surface area contributed by atoms with Gasteiger partial charge in [0.1, 0.15) is 11.5 Å². The Balaban J connectivity index is 2.04. The minimum absolute atomic E-state index is 0.00642. The molecule has 3 N–H and O–H groups in total. The first-order chi connectivity index (χ1) is 11.7. The number of rotatable bonds is 3. The van der Waals surface area contributed by atoms with E-state index in [1.54, 1.807) is 24.3 Å². The molecule has 0 saturated heterocycles. The van der Waals surface area contributed by atoms with E-state index in [4.69, 9.17) is 17.0 Å². The van der Waals surface area contributed by atoms with Crippen molar-refractivity contribution in [3.05, 3.63) is 53.6 Å². The van der Waals surface area contributed by atoms with Crippen LogP contribution in [0.4, 0.5) is 5.69 Å². The molecule has 0 fully saturated rings. The fraction of sp³-hybridized carbons (Fsp3) is 0.263. The first-order valence-electron chi connectivity index (χ1n) is 7.80. The van der Waals surface area contributed by atoms with Crippen LogP contribution in [-0.2, 0) is 5.41 Å². The first-order valence-corrected chi connectivity index (χ1v) is 8.21. The van der Waals surface area contributed by atoms with Crippen molar-refractivity contribution < 1.29 is 14.6 Å². The maximum absolute atomic E-state index is 12.3. The van der Waals surface area contributed by atoms with Gasteiger partial charge in [-0.05, 0) is 47.5 Å². The topological polar surface area (TPSA) is 70.6 Å². The Morgan fingerprint density at radius 3 is 2.32 bits per heavy atom. The zero-order valence-corrected chi connectivity index (χ0v) is 15.5. The summed E-state index contributed by atoms with van der Waals surface area (Å²) in [5.74, 6) is 0.250. The van der Waals surface area contributed by atoms with Crippen LogP contribution in [0.3, 0.4) is 0 Å². The number of carbonyl (C=O) groups is 1. The van der Waals surface area contributed by atoms with Gasteiger partial charge in [-0.15, -0.1) is 0 Å². The molecule has 0 atom stereocenters. The molecule has 132 valence electrons. The summed E-state index contributed by atoms with van der Waals surface area (Å²) < 4.78 is 5.10. The van der Waals surface area contributed by atoms with Crippen LogP contribution in [0.5, 0.6) is 11.5 Å². The smallest absolute Gasteiger partial charge is 0.257 e. The second-order valence-electron chi connectivity index (χ2n) is 6.62. The summed E-state index contributed by atoms with van der Waals surface area (Å²) >= 11 is 5.14. The molecule has 0 aliphatic rings. The summed E-state index contributed by atoms with van der Waals surface area (Å²) in [5.41, 5.74) is 2.03. The molecule has 0 saturated carbocycles. The van der Waals surface area contributed by atoms with Crippen molar-refractivity contribution in [2.24, 2.45) is 0 Å². The average molecular weight is 358 g/mol.